The maximum absolute atomic E-state index is 12.7. The lowest BCUT2D eigenvalue weighted by Gasteiger charge is -2.27. The van der Waals surface area contributed by atoms with Crippen molar-refractivity contribution in [1.29, 1.82) is 0 Å². The van der Waals surface area contributed by atoms with Crippen molar-refractivity contribution in [3.05, 3.63) is 21.6 Å². The first kappa shape index (κ1) is 17.5. The summed E-state index contributed by atoms with van der Waals surface area (Å²) in [5, 5.41) is 3.99. The molecule has 1 N–H and O–H groups in total. The molecule has 0 bridgehead atoms. The Bertz CT molecular complexity index is 663. The average Bonchev–Trinajstić information content (AvgIpc) is 2.83. The van der Waals surface area contributed by atoms with Crippen LogP contribution in [-0.2, 0) is 17.8 Å². The minimum absolute atomic E-state index is 0.0273. The molecule has 1 aromatic rings. The van der Waals surface area contributed by atoms with Crippen LogP contribution >= 0.6 is 11.8 Å². The molecule has 1 aromatic heterocycles. The average molecular weight is 350 g/mol. The SMILES string of the molecule is CCc1c(C)nc2n(c1=O)CC(C(=O)NC1CCCCCC1)CS2. The molecule has 1 fully saturated rings. The van der Waals surface area contributed by atoms with E-state index in [0.717, 1.165) is 29.3 Å². The first-order valence-corrected chi connectivity index (χ1v) is 10.1. The van der Waals surface area contributed by atoms with Gasteiger partial charge in [-0.3, -0.25) is 14.2 Å². The van der Waals surface area contributed by atoms with Crippen molar-refractivity contribution in [3.8, 4) is 0 Å². The van der Waals surface area contributed by atoms with Crippen LogP contribution in [0.1, 0.15) is 56.7 Å². The van der Waals surface area contributed by atoms with Gasteiger partial charge in [0.1, 0.15) is 0 Å². The molecule has 1 unspecified atom stereocenters. The fourth-order valence-corrected chi connectivity index (χ4v) is 4.83. The number of aryl methyl sites for hydroxylation is 1. The minimum atomic E-state index is -0.141. The third-order valence-electron chi connectivity index (χ3n) is 5.18. The van der Waals surface area contributed by atoms with Gasteiger partial charge in [-0.25, -0.2) is 4.98 Å². The zero-order chi connectivity index (χ0) is 17.1. The molecule has 2 heterocycles. The van der Waals surface area contributed by atoms with E-state index < -0.39 is 0 Å². The van der Waals surface area contributed by atoms with Crippen LogP contribution in [0.3, 0.4) is 0 Å². The van der Waals surface area contributed by atoms with Crippen molar-refractivity contribution >= 4 is 17.7 Å². The van der Waals surface area contributed by atoms with Crippen LogP contribution in [0.25, 0.3) is 0 Å². The van der Waals surface area contributed by atoms with Crippen molar-refractivity contribution in [1.82, 2.24) is 14.9 Å². The number of aromatic nitrogens is 2. The van der Waals surface area contributed by atoms with Crippen molar-refractivity contribution in [3.63, 3.8) is 0 Å². The second-order valence-electron chi connectivity index (χ2n) is 6.93. The van der Waals surface area contributed by atoms with Gasteiger partial charge in [-0.05, 0) is 26.2 Å². The van der Waals surface area contributed by atoms with Gasteiger partial charge in [-0.15, -0.1) is 0 Å². The molecule has 1 aliphatic carbocycles. The highest BCUT2D eigenvalue weighted by atomic mass is 32.2. The molecule has 0 radical (unpaired) electrons. The first-order valence-electron chi connectivity index (χ1n) is 9.13. The van der Waals surface area contributed by atoms with E-state index in [-0.39, 0.29) is 17.4 Å². The molecule has 5 nitrogen and oxygen atoms in total. The number of carbonyl (C=O) groups is 1. The van der Waals surface area contributed by atoms with Crippen LogP contribution in [0.5, 0.6) is 0 Å². The van der Waals surface area contributed by atoms with Gasteiger partial charge in [0, 0.05) is 29.6 Å². The topological polar surface area (TPSA) is 64.0 Å². The maximum Gasteiger partial charge on any atom is 0.257 e. The van der Waals surface area contributed by atoms with Gasteiger partial charge in [0.15, 0.2) is 5.16 Å². The fraction of sp³-hybridized carbons (Fsp3) is 0.722. The molecule has 24 heavy (non-hydrogen) atoms. The van der Waals surface area contributed by atoms with Crippen molar-refractivity contribution in [2.24, 2.45) is 5.92 Å². The number of nitrogens with zero attached hydrogens (tertiary/aromatic N) is 2. The molecule has 1 aliphatic heterocycles. The Morgan fingerprint density at radius 2 is 2.00 bits per heavy atom. The second kappa shape index (κ2) is 7.72. The number of fused-ring (bicyclic) bond motifs is 1. The minimum Gasteiger partial charge on any atom is -0.353 e. The summed E-state index contributed by atoms with van der Waals surface area (Å²) in [7, 11) is 0. The van der Waals surface area contributed by atoms with Gasteiger partial charge < -0.3 is 5.32 Å². The van der Waals surface area contributed by atoms with E-state index in [0.29, 0.717) is 24.8 Å². The number of nitrogens with one attached hydrogen (secondary N) is 1. The van der Waals surface area contributed by atoms with Crippen LogP contribution in [0.4, 0.5) is 0 Å². The summed E-state index contributed by atoms with van der Waals surface area (Å²) in [6.07, 6.45) is 7.82. The Balaban J connectivity index is 1.72. The molecular formula is C18H27N3O2S. The Morgan fingerprint density at radius 3 is 2.67 bits per heavy atom. The second-order valence-corrected chi connectivity index (χ2v) is 7.92. The summed E-state index contributed by atoms with van der Waals surface area (Å²) >= 11 is 1.53. The van der Waals surface area contributed by atoms with E-state index >= 15 is 0 Å². The van der Waals surface area contributed by atoms with E-state index in [1.54, 1.807) is 4.57 Å². The van der Waals surface area contributed by atoms with Gasteiger partial charge in [-0.1, -0.05) is 44.4 Å². The van der Waals surface area contributed by atoms with Crippen molar-refractivity contribution < 1.29 is 4.79 Å². The molecule has 0 aromatic carbocycles. The lowest BCUT2D eigenvalue weighted by molar-refractivity contribution is -0.125. The highest BCUT2D eigenvalue weighted by molar-refractivity contribution is 7.99. The predicted octanol–water partition coefficient (Wildman–Crippen LogP) is 2.68. The van der Waals surface area contributed by atoms with Gasteiger partial charge in [0.05, 0.1) is 5.92 Å². The number of carbonyl (C=O) groups excluding carboxylic acids is 1. The number of thioether (sulfide) groups is 1. The smallest absolute Gasteiger partial charge is 0.257 e. The maximum atomic E-state index is 12.7. The van der Waals surface area contributed by atoms with Crippen LogP contribution in [-0.4, -0.2) is 27.3 Å². The van der Waals surface area contributed by atoms with E-state index in [2.05, 4.69) is 10.3 Å². The number of hydrogen-bond acceptors (Lipinski definition) is 4. The largest absolute Gasteiger partial charge is 0.353 e. The normalized spacial score (nSPS) is 21.8. The van der Waals surface area contributed by atoms with Crippen LogP contribution in [0.15, 0.2) is 9.95 Å². The highest BCUT2D eigenvalue weighted by Crippen LogP contribution is 2.26. The van der Waals surface area contributed by atoms with E-state index in [1.807, 2.05) is 13.8 Å². The van der Waals surface area contributed by atoms with E-state index in [4.69, 9.17) is 0 Å². The Labute approximate surface area is 147 Å². The number of rotatable bonds is 3. The fourth-order valence-electron chi connectivity index (χ4n) is 3.70. The Kier molecular flexibility index (Phi) is 5.64. The Morgan fingerprint density at radius 1 is 1.29 bits per heavy atom. The number of hydrogen-bond donors (Lipinski definition) is 1. The van der Waals surface area contributed by atoms with Crippen LogP contribution in [0.2, 0.25) is 0 Å². The van der Waals surface area contributed by atoms with Gasteiger partial charge >= 0.3 is 0 Å². The molecule has 0 saturated heterocycles. The summed E-state index contributed by atoms with van der Waals surface area (Å²) in [5.74, 6) is 0.666. The quantitative estimate of drug-likeness (QED) is 0.673. The lowest BCUT2D eigenvalue weighted by Crippen LogP contribution is -2.44. The van der Waals surface area contributed by atoms with E-state index in [1.165, 1.54) is 37.4 Å². The molecule has 2 aliphatic rings. The molecule has 1 amide bonds. The summed E-state index contributed by atoms with van der Waals surface area (Å²) in [4.78, 5) is 29.9. The number of amides is 1. The predicted molar refractivity (Wildman–Crippen MR) is 96.5 cm³/mol. The first-order chi connectivity index (χ1) is 11.6. The summed E-state index contributed by atoms with van der Waals surface area (Å²) in [6, 6.07) is 0.311. The van der Waals surface area contributed by atoms with Crippen LogP contribution in [0, 0.1) is 12.8 Å². The lowest BCUT2D eigenvalue weighted by atomic mass is 10.1. The molecule has 6 heteroatoms. The zero-order valence-electron chi connectivity index (χ0n) is 14.6. The third-order valence-corrected chi connectivity index (χ3v) is 6.32. The van der Waals surface area contributed by atoms with Crippen molar-refractivity contribution in [2.75, 3.05) is 5.75 Å². The van der Waals surface area contributed by atoms with Gasteiger partial charge in [0.25, 0.3) is 5.56 Å². The van der Waals surface area contributed by atoms with Crippen molar-refractivity contribution in [2.45, 2.75) is 76.5 Å². The summed E-state index contributed by atoms with van der Waals surface area (Å²) in [6.45, 7) is 4.33. The molecule has 3 rings (SSSR count). The third kappa shape index (κ3) is 3.68. The van der Waals surface area contributed by atoms with E-state index in [9.17, 15) is 9.59 Å². The monoisotopic (exact) mass is 349 g/mol. The zero-order valence-corrected chi connectivity index (χ0v) is 15.5. The summed E-state index contributed by atoms with van der Waals surface area (Å²) in [5.41, 5.74) is 1.62. The standard InChI is InChI=1S/C18H27N3O2S/c1-3-15-12(2)19-18-21(17(15)23)10-13(11-24-18)16(22)20-14-8-6-4-5-7-9-14/h13-14H,3-11H2,1-2H3,(H,20,22). The summed E-state index contributed by atoms with van der Waals surface area (Å²) < 4.78 is 1.71. The van der Waals surface area contributed by atoms with Gasteiger partial charge in [-0.2, -0.15) is 0 Å². The molecule has 132 valence electrons. The van der Waals surface area contributed by atoms with Gasteiger partial charge in [0.2, 0.25) is 5.91 Å². The Hall–Kier alpha value is -1.30. The molecule has 1 atom stereocenters. The van der Waals surface area contributed by atoms with Crippen LogP contribution < -0.4 is 10.9 Å². The molecular weight excluding hydrogens is 322 g/mol. The highest BCUT2D eigenvalue weighted by Gasteiger charge is 2.29. The molecule has 0 spiro atoms. The molecule has 1 saturated carbocycles.